The van der Waals surface area contributed by atoms with Crippen LogP contribution in [-0.2, 0) is 0 Å². The molecule has 0 spiro atoms. The molecule has 17 heavy (non-hydrogen) atoms. The summed E-state index contributed by atoms with van der Waals surface area (Å²) < 4.78 is 0. The van der Waals surface area contributed by atoms with Crippen molar-refractivity contribution in [1.29, 1.82) is 0 Å². The molecule has 110 valence electrons. The van der Waals surface area contributed by atoms with E-state index < -0.39 is 0 Å². The Morgan fingerprint density at radius 3 is 0.882 bits per heavy atom. The molecule has 0 saturated heterocycles. The largest absolute Gasteiger partial charge is 0.0683 e. The van der Waals surface area contributed by atoms with Crippen LogP contribution in [0.1, 0.15) is 96.4 Å². The molecule has 0 nitrogen and oxygen atoms in total. The van der Waals surface area contributed by atoms with E-state index in [4.69, 9.17) is 0 Å². The first-order chi connectivity index (χ1) is 7.54. The summed E-state index contributed by atoms with van der Waals surface area (Å²) in [5.74, 6) is 0.833. The molecule has 0 bridgehead atoms. The molecule has 0 atom stereocenters. The normalized spacial score (nSPS) is 10.2. The van der Waals surface area contributed by atoms with Gasteiger partial charge in [0.1, 0.15) is 0 Å². The molecule has 0 aromatic carbocycles. The van der Waals surface area contributed by atoms with Crippen molar-refractivity contribution in [3.05, 3.63) is 0 Å². The highest BCUT2D eigenvalue weighted by Gasteiger charge is 2.30. The molecule has 0 heterocycles. The van der Waals surface area contributed by atoms with Crippen molar-refractivity contribution in [3.8, 4) is 0 Å². The molecule has 0 aliphatic carbocycles. The van der Waals surface area contributed by atoms with E-state index in [0.717, 1.165) is 5.92 Å². The Balaban J connectivity index is -0.0000000887. The van der Waals surface area contributed by atoms with E-state index in [1.165, 1.54) is 6.42 Å². The van der Waals surface area contributed by atoms with E-state index in [-0.39, 0.29) is 0 Å². The fourth-order valence-corrected chi connectivity index (χ4v) is 0.530. The van der Waals surface area contributed by atoms with Crippen molar-refractivity contribution in [2.45, 2.75) is 96.4 Å². The molecule has 0 radical (unpaired) electrons. The molecule has 0 unspecified atom stereocenters. The number of rotatable bonds is 1. The second kappa shape index (κ2) is 14.1. The van der Waals surface area contributed by atoms with Crippen molar-refractivity contribution in [2.75, 3.05) is 0 Å². The summed E-state index contributed by atoms with van der Waals surface area (Å²) in [6.45, 7) is 28.3. The highest BCUT2D eigenvalue weighted by Crippen LogP contribution is 2.40. The van der Waals surface area contributed by atoms with Crippen LogP contribution >= 0.6 is 0 Å². The minimum Gasteiger partial charge on any atom is -0.0683 e. The van der Waals surface area contributed by atoms with Gasteiger partial charge in [-0.05, 0) is 16.7 Å². The van der Waals surface area contributed by atoms with Gasteiger partial charge in [0, 0.05) is 0 Å². The fourth-order valence-electron chi connectivity index (χ4n) is 0.530. The number of hydrogen-bond donors (Lipinski definition) is 0. The first kappa shape index (κ1) is 25.8. The predicted molar refractivity (Wildman–Crippen MR) is 86.7 cm³/mol. The maximum Gasteiger partial charge on any atom is -0.0308 e. The lowest BCUT2D eigenvalue weighted by Crippen LogP contribution is -2.28. The first-order valence-corrected chi connectivity index (χ1v) is 7.54. The SMILES string of the molecule is CC.CC.CC(C)C.CCC(C)(C)C(C)(C)C. The molecule has 0 aromatic rings. The fraction of sp³-hybridized carbons (Fsp3) is 1.00. The van der Waals surface area contributed by atoms with Gasteiger partial charge in [-0.25, -0.2) is 0 Å². The minimum absolute atomic E-state index is 0.446. The second-order valence-corrected chi connectivity index (χ2v) is 6.22. The Hall–Kier alpha value is 0. The van der Waals surface area contributed by atoms with Crippen LogP contribution in [0.2, 0.25) is 0 Å². The quantitative estimate of drug-likeness (QED) is 0.459. The molecule has 0 aromatic heterocycles. The Morgan fingerprint density at radius 2 is 0.882 bits per heavy atom. The van der Waals surface area contributed by atoms with Crippen LogP contribution in [0, 0.1) is 16.7 Å². The second-order valence-electron chi connectivity index (χ2n) is 6.22. The minimum atomic E-state index is 0.446. The van der Waals surface area contributed by atoms with Crippen molar-refractivity contribution in [3.63, 3.8) is 0 Å². The van der Waals surface area contributed by atoms with E-state index in [2.05, 4.69) is 62.3 Å². The lowest BCUT2D eigenvalue weighted by atomic mass is 9.68. The van der Waals surface area contributed by atoms with Gasteiger partial charge in [0.25, 0.3) is 0 Å². The molecular formula is C17H42. The standard InChI is InChI=1S/C9H20.C4H10.2C2H6/c1-7-9(5,6)8(2,3)4;1-4(2)3;2*1-2/h7H2,1-6H3;4H,1-3H3;2*1-2H3. The third kappa shape index (κ3) is 21.8. The number of hydrogen-bond acceptors (Lipinski definition) is 0. The molecule has 0 aliphatic rings. The monoisotopic (exact) mass is 246 g/mol. The molecule has 0 heteroatoms. The van der Waals surface area contributed by atoms with Gasteiger partial charge in [-0.15, -0.1) is 0 Å². The summed E-state index contributed by atoms with van der Waals surface area (Å²) in [4.78, 5) is 0. The smallest absolute Gasteiger partial charge is 0.0308 e. The van der Waals surface area contributed by atoms with Crippen LogP contribution in [0.4, 0.5) is 0 Å². The van der Waals surface area contributed by atoms with Crippen LogP contribution in [0.5, 0.6) is 0 Å². The van der Waals surface area contributed by atoms with Crippen molar-refractivity contribution >= 4 is 0 Å². The Labute approximate surface area is 114 Å². The van der Waals surface area contributed by atoms with Gasteiger partial charge in [-0.2, -0.15) is 0 Å². The maximum atomic E-state index is 2.33. The van der Waals surface area contributed by atoms with E-state index in [1.807, 2.05) is 27.7 Å². The first-order valence-electron chi connectivity index (χ1n) is 7.54. The van der Waals surface area contributed by atoms with Crippen molar-refractivity contribution < 1.29 is 0 Å². The van der Waals surface area contributed by atoms with Gasteiger partial charge >= 0.3 is 0 Å². The van der Waals surface area contributed by atoms with Gasteiger partial charge in [-0.3, -0.25) is 0 Å². The molecule has 0 saturated carbocycles. The summed E-state index contributed by atoms with van der Waals surface area (Å²) in [5.41, 5.74) is 0.925. The molecular weight excluding hydrogens is 204 g/mol. The van der Waals surface area contributed by atoms with E-state index >= 15 is 0 Å². The summed E-state index contributed by atoms with van der Waals surface area (Å²) in [7, 11) is 0. The lowest BCUT2D eigenvalue weighted by Gasteiger charge is -2.37. The van der Waals surface area contributed by atoms with Crippen LogP contribution in [0.15, 0.2) is 0 Å². The van der Waals surface area contributed by atoms with E-state index in [9.17, 15) is 0 Å². The zero-order chi connectivity index (χ0) is 15.3. The summed E-state index contributed by atoms with van der Waals surface area (Å²) >= 11 is 0. The van der Waals surface area contributed by atoms with Gasteiger partial charge in [0.2, 0.25) is 0 Å². The zero-order valence-corrected chi connectivity index (χ0v) is 15.3. The highest BCUT2D eigenvalue weighted by atomic mass is 14.3. The Kier molecular flexibility index (Phi) is 21.3. The van der Waals surface area contributed by atoms with Gasteiger partial charge in [-0.1, -0.05) is 96.4 Å². The maximum absolute atomic E-state index is 2.33. The summed E-state index contributed by atoms with van der Waals surface area (Å²) in [6, 6.07) is 0. The van der Waals surface area contributed by atoms with Crippen LogP contribution in [-0.4, -0.2) is 0 Å². The lowest BCUT2D eigenvalue weighted by molar-refractivity contribution is 0.126. The van der Waals surface area contributed by atoms with Gasteiger partial charge in [0.05, 0.1) is 0 Å². The van der Waals surface area contributed by atoms with Crippen LogP contribution in [0.3, 0.4) is 0 Å². The molecule has 0 fully saturated rings. The van der Waals surface area contributed by atoms with E-state index in [1.54, 1.807) is 0 Å². The molecule has 0 rings (SSSR count). The third-order valence-electron chi connectivity index (χ3n) is 2.91. The summed E-state index contributed by atoms with van der Waals surface area (Å²) in [5, 5.41) is 0. The third-order valence-corrected chi connectivity index (χ3v) is 2.91. The van der Waals surface area contributed by atoms with E-state index in [0.29, 0.717) is 10.8 Å². The molecule has 0 N–H and O–H groups in total. The molecule has 0 amide bonds. The Bertz CT molecular complexity index is 110. The van der Waals surface area contributed by atoms with Gasteiger partial charge < -0.3 is 0 Å². The van der Waals surface area contributed by atoms with Gasteiger partial charge in [0.15, 0.2) is 0 Å². The average Bonchev–Trinajstić information content (AvgIpc) is 2.21. The van der Waals surface area contributed by atoms with Crippen LogP contribution in [0.25, 0.3) is 0 Å². The summed E-state index contributed by atoms with van der Waals surface area (Å²) in [6.07, 6.45) is 1.26. The highest BCUT2D eigenvalue weighted by molar-refractivity contribution is 4.80. The zero-order valence-electron chi connectivity index (χ0n) is 15.3. The van der Waals surface area contributed by atoms with Crippen molar-refractivity contribution in [2.24, 2.45) is 16.7 Å². The van der Waals surface area contributed by atoms with Crippen molar-refractivity contribution in [1.82, 2.24) is 0 Å². The Morgan fingerprint density at radius 1 is 0.706 bits per heavy atom. The topological polar surface area (TPSA) is 0 Å². The van der Waals surface area contributed by atoms with Crippen LogP contribution < -0.4 is 0 Å². The average molecular weight is 247 g/mol. The molecule has 0 aliphatic heterocycles. The predicted octanol–water partition coefficient (Wildman–Crippen LogP) is 7.18.